The second kappa shape index (κ2) is 10.2. The van der Waals surface area contributed by atoms with E-state index in [0.29, 0.717) is 31.5 Å². The van der Waals surface area contributed by atoms with Gasteiger partial charge < -0.3 is 10.2 Å². The van der Waals surface area contributed by atoms with Gasteiger partial charge in [0, 0.05) is 38.7 Å². The van der Waals surface area contributed by atoms with Crippen LogP contribution in [0.15, 0.2) is 71.6 Å². The zero-order valence-electron chi connectivity index (χ0n) is 20.3. The fourth-order valence-corrected chi connectivity index (χ4v) is 5.38. The van der Waals surface area contributed by atoms with Gasteiger partial charge in [-0.2, -0.15) is 0 Å². The quantitative estimate of drug-likeness (QED) is 0.566. The highest BCUT2D eigenvalue weighted by Crippen LogP contribution is 2.25. The van der Waals surface area contributed by atoms with Gasteiger partial charge in [0.1, 0.15) is 0 Å². The lowest BCUT2D eigenvalue weighted by molar-refractivity contribution is -0.127. The van der Waals surface area contributed by atoms with Gasteiger partial charge in [-0.1, -0.05) is 48.5 Å². The second-order valence-electron chi connectivity index (χ2n) is 9.18. The molecule has 1 fully saturated rings. The summed E-state index contributed by atoms with van der Waals surface area (Å²) in [5, 5.41) is 5.02. The molecule has 3 aromatic rings. The molecule has 0 bridgehead atoms. The van der Waals surface area contributed by atoms with Crippen molar-refractivity contribution in [3.63, 3.8) is 0 Å². The Morgan fingerprint density at radius 3 is 2.23 bits per heavy atom. The van der Waals surface area contributed by atoms with Crippen LogP contribution in [0.5, 0.6) is 0 Å². The lowest BCUT2D eigenvalue weighted by Gasteiger charge is -2.32. The predicted octanol–water partition coefficient (Wildman–Crippen LogP) is 3.82. The summed E-state index contributed by atoms with van der Waals surface area (Å²) >= 11 is 0. The Kier molecular flexibility index (Phi) is 7.23. The van der Waals surface area contributed by atoms with E-state index in [0.717, 1.165) is 16.3 Å². The number of fused-ring (bicyclic) bond motifs is 1. The van der Waals surface area contributed by atoms with Crippen molar-refractivity contribution in [3.05, 3.63) is 77.9 Å². The smallest absolute Gasteiger partial charge is 0.254 e. The molecule has 184 valence electrons. The third-order valence-electron chi connectivity index (χ3n) is 6.69. The van der Waals surface area contributed by atoms with E-state index in [2.05, 4.69) is 5.32 Å². The molecular weight excluding hydrogens is 462 g/mol. The average molecular weight is 494 g/mol. The van der Waals surface area contributed by atoms with E-state index in [1.54, 1.807) is 24.3 Å². The number of nitrogens with zero attached hydrogens (tertiary/aromatic N) is 2. The van der Waals surface area contributed by atoms with E-state index < -0.39 is 10.0 Å². The molecule has 35 heavy (non-hydrogen) atoms. The molecule has 0 aromatic heterocycles. The van der Waals surface area contributed by atoms with Gasteiger partial charge in [-0.05, 0) is 54.3 Å². The predicted molar refractivity (Wildman–Crippen MR) is 136 cm³/mol. The minimum Gasteiger partial charge on any atom is -0.349 e. The van der Waals surface area contributed by atoms with E-state index in [1.807, 2.05) is 54.3 Å². The first kappa shape index (κ1) is 24.9. The summed E-state index contributed by atoms with van der Waals surface area (Å²) in [5.74, 6) is -0.205. The van der Waals surface area contributed by atoms with Crippen molar-refractivity contribution in [2.75, 3.05) is 27.2 Å². The van der Waals surface area contributed by atoms with Crippen LogP contribution in [0.4, 0.5) is 0 Å². The van der Waals surface area contributed by atoms with Crippen LogP contribution in [-0.4, -0.2) is 56.6 Å². The zero-order valence-corrected chi connectivity index (χ0v) is 21.1. The topological polar surface area (TPSA) is 86.8 Å². The lowest BCUT2D eigenvalue weighted by atomic mass is 9.94. The summed E-state index contributed by atoms with van der Waals surface area (Å²) in [6, 6.07) is 19.9. The maximum atomic E-state index is 13.2. The molecule has 0 saturated carbocycles. The fourth-order valence-electron chi connectivity index (χ4n) is 4.48. The van der Waals surface area contributed by atoms with Gasteiger partial charge in [-0.15, -0.1) is 0 Å². The van der Waals surface area contributed by atoms with Crippen molar-refractivity contribution >= 4 is 32.6 Å². The molecule has 0 aliphatic carbocycles. The number of piperidine rings is 1. The molecule has 2 amide bonds. The minimum atomic E-state index is -3.49. The van der Waals surface area contributed by atoms with Crippen LogP contribution >= 0.6 is 0 Å². The molecule has 1 heterocycles. The van der Waals surface area contributed by atoms with Crippen LogP contribution in [0.25, 0.3) is 10.8 Å². The van der Waals surface area contributed by atoms with E-state index >= 15 is 0 Å². The summed E-state index contributed by atoms with van der Waals surface area (Å²) in [4.78, 5) is 28.1. The van der Waals surface area contributed by atoms with E-state index in [4.69, 9.17) is 0 Å². The number of sulfonamides is 1. The lowest BCUT2D eigenvalue weighted by Crippen LogP contribution is -2.43. The third kappa shape index (κ3) is 5.23. The van der Waals surface area contributed by atoms with Crippen LogP contribution in [-0.2, 0) is 14.8 Å². The fraction of sp³-hybridized carbons (Fsp3) is 0.333. The Bertz CT molecular complexity index is 1320. The number of amides is 2. The van der Waals surface area contributed by atoms with Crippen LogP contribution in [0.1, 0.15) is 41.7 Å². The number of hydrogen-bond acceptors (Lipinski definition) is 4. The standard InChI is InChI=1S/C27H31N3O4S/c1-19(20-11-13-23(14-12-20)35(33,34)29(2)3)28-26(31)22-15-17-30(18-16-22)27(32)25-10-6-8-21-7-4-5-9-24(21)25/h4-14,19,22H,15-18H2,1-3H3,(H,28,31). The molecule has 1 atom stereocenters. The number of likely N-dealkylation sites (tertiary alicyclic amines) is 1. The average Bonchev–Trinajstić information content (AvgIpc) is 2.88. The van der Waals surface area contributed by atoms with Gasteiger partial charge in [0.05, 0.1) is 10.9 Å². The van der Waals surface area contributed by atoms with Gasteiger partial charge in [0.25, 0.3) is 5.91 Å². The van der Waals surface area contributed by atoms with Crippen molar-refractivity contribution in [1.82, 2.24) is 14.5 Å². The molecule has 7 nitrogen and oxygen atoms in total. The highest BCUT2D eigenvalue weighted by Gasteiger charge is 2.29. The number of rotatable bonds is 6. The number of hydrogen-bond donors (Lipinski definition) is 1. The summed E-state index contributed by atoms with van der Waals surface area (Å²) < 4.78 is 25.7. The number of nitrogens with one attached hydrogen (secondary N) is 1. The van der Waals surface area contributed by atoms with Gasteiger partial charge in [-0.25, -0.2) is 12.7 Å². The van der Waals surface area contributed by atoms with Crippen molar-refractivity contribution in [3.8, 4) is 0 Å². The Morgan fingerprint density at radius 1 is 0.943 bits per heavy atom. The van der Waals surface area contributed by atoms with Gasteiger partial charge in [0.15, 0.2) is 0 Å². The molecule has 0 spiro atoms. The monoisotopic (exact) mass is 493 g/mol. The molecule has 4 rings (SSSR count). The van der Waals surface area contributed by atoms with Crippen molar-refractivity contribution in [2.24, 2.45) is 5.92 Å². The summed E-state index contributed by atoms with van der Waals surface area (Å²) in [5.41, 5.74) is 1.53. The van der Waals surface area contributed by atoms with Crippen molar-refractivity contribution in [2.45, 2.75) is 30.7 Å². The Morgan fingerprint density at radius 2 is 1.57 bits per heavy atom. The van der Waals surface area contributed by atoms with Gasteiger partial charge in [0.2, 0.25) is 15.9 Å². The highest BCUT2D eigenvalue weighted by molar-refractivity contribution is 7.89. The maximum absolute atomic E-state index is 13.2. The minimum absolute atomic E-state index is 0.00166. The molecule has 8 heteroatoms. The first-order valence-electron chi connectivity index (χ1n) is 11.8. The van der Waals surface area contributed by atoms with E-state index in [9.17, 15) is 18.0 Å². The number of carbonyl (C=O) groups is 2. The summed E-state index contributed by atoms with van der Waals surface area (Å²) in [6.07, 6.45) is 1.21. The molecule has 1 aliphatic rings. The molecule has 0 radical (unpaired) electrons. The Hall–Kier alpha value is -3.23. The van der Waals surface area contributed by atoms with Crippen molar-refractivity contribution in [1.29, 1.82) is 0 Å². The van der Waals surface area contributed by atoms with E-state index in [-0.39, 0.29) is 28.7 Å². The third-order valence-corrected chi connectivity index (χ3v) is 8.52. The van der Waals surface area contributed by atoms with Crippen molar-refractivity contribution < 1.29 is 18.0 Å². The molecule has 1 unspecified atom stereocenters. The molecule has 3 aromatic carbocycles. The number of benzene rings is 3. The summed E-state index contributed by atoms with van der Waals surface area (Å²) in [7, 11) is -0.504. The largest absolute Gasteiger partial charge is 0.349 e. The normalized spacial score (nSPS) is 15.8. The van der Waals surface area contributed by atoms with Crippen LogP contribution < -0.4 is 5.32 Å². The molecule has 1 aliphatic heterocycles. The second-order valence-corrected chi connectivity index (χ2v) is 11.3. The molecule has 1 saturated heterocycles. The number of carbonyl (C=O) groups excluding carboxylic acids is 2. The van der Waals surface area contributed by atoms with E-state index in [1.165, 1.54) is 18.4 Å². The Balaban J connectivity index is 1.35. The SMILES string of the molecule is CC(NC(=O)C1CCN(C(=O)c2cccc3ccccc23)CC1)c1ccc(S(=O)(=O)N(C)C)cc1. The Labute approximate surface area is 206 Å². The van der Waals surface area contributed by atoms with Gasteiger partial charge >= 0.3 is 0 Å². The first-order chi connectivity index (χ1) is 16.7. The van der Waals surface area contributed by atoms with Crippen LogP contribution in [0.3, 0.4) is 0 Å². The molecular formula is C27H31N3O4S. The zero-order chi connectivity index (χ0) is 25.2. The van der Waals surface area contributed by atoms with Gasteiger partial charge in [-0.3, -0.25) is 9.59 Å². The molecule has 1 N–H and O–H groups in total. The first-order valence-corrected chi connectivity index (χ1v) is 13.2. The maximum Gasteiger partial charge on any atom is 0.254 e. The van der Waals surface area contributed by atoms with Crippen LogP contribution in [0, 0.1) is 5.92 Å². The van der Waals surface area contributed by atoms with Crippen LogP contribution in [0.2, 0.25) is 0 Å². The summed E-state index contributed by atoms with van der Waals surface area (Å²) in [6.45, 7) is 2.95. The highest BCUT2D eigenvalue weighted by atomic mass is 32.2.